The lowest BCUT2D eigenvalue weighted by Crippen LogP contribution is -2.36. The first-order valence-electron chi connectivity index (χ1n) is 8.31. The number of nitrogens with zero attached hydrogens (tertiary/aromatic N) is 3. The van der Waals surface area contributed by atoms with E-state index in [1.54, 1.807) is 6.20 Å². The van der Waals surface area contributed by atoms with Crippen LogP contribution in [0.3, 0.4) is 0 Å². The zero-order chi connectivity index (χ0) is 19.2. The monoisotopic (exact) mass is 370 g/mol. The van der Waals surface area contributed by atoms with Gasteiger partial charge in [-0.15, -0.1) is 0 Å². The topological polar surface area (TPSA) is 117 Å². The molecule has 2 aromatic rings. The highest BCUT2D eigenvalue weighted by Crippen LogP contribution is 2.26. The standard InChI is InChI=1S/C18H19FN6O2/c19-15-13(11-27-18(26)24-17(20)21)4-8-23-16(15)25-9-5-12(6-10-25)14-3-1-2-7-22-14/h1-5,7-8H,6,9-11H2,(H4,20,21,24,26). The Morgan fingerprint density at radius 2 is 2.19 bits per heavy atom. The van der Waals surface area contributed by atoms with Crippen LogP contribution in [0.25, 0.3) is 5.57 Å². The fourth-order valence-corrected chi connectivity index (χ4v) is 2.74. The van der Waals surface area contributed by atoms with Crippen LogP contribution in [0.5, 0.6) is 0 Å². The fourth-order valence-electron chi connectivity index (χ4n) is 2.74. The molecule has 3 rings (SSSR count). The van der Waals surface area contributed by atoms with Crippen LogP contribution in [0, 0.1) is 11.2 Å². The highest BCUT2D eigenvalue weighted by molar-refractivity contribution is 5.90. The molecule has 0 aromatic carbocycles. The van der Waals surface area contributed by atoms with Crippen LogP contribution in [-0.2, 0) is 11.3 Å². The minimum absolute atomic E-state index is 0.193. The molecule has 0 unspecified atom stereocenters. The number of halogens is 1. The molecule has 140 valence electrons. The molecule has 0 saturated carbocycles. The number of pyridine rings is 2. The van der Waals surface area contributed by atoms with Crippen molar-refractivity contribution in [3.05, 3.63) is 59.8 Å². The van der Waals surface area contributed by atoms with Crippen LogP contribution in [-0.4, -0.2) is 35.1 Å². The van der Waals surface area contributed by atoms with Gasteiger partial charge in [-0.2, -0.15) is 0 Å². The summed E-state index contributed by atoms with van der Waals surface area (Å²) in [4.78, 5) is 21.7. The van der Waals surface area contributed by atoms with E-state index in [4.69, 9.17) is 15.9 Å². The molecule has 8 nitrogen and oxygen atoms in total. The van der Waals surface area contributed by atoms with Crippen LogP contribution in [0.15, 0.2) is 42.7 Å². The number of rotatable bonds is 4. The normalized spacial score (nSPS) is 13.7. The average molecular weight is 370 g/mol. The summed E-state index contributed by atoms with van der Waals surface area (Å²) in [5.74, 6) is -0.873. The molecule has 4 N–H and O–H groups in total. The molecule has 2 aromatic heterocycles. The summed E-state index contributed by atoms with van der Waals surface area (Å²) in [5, 5.41) is 8.93. The van der Waals surface area contributed by atoms with E-state index >= 15 is 0 Å². The molecular weight excluding hydrogens is 351 g/mol. The van der Waals surface area contributed by atoms with Crippen molar-refractivity contribution >= 4 is 23.4 Å². The Morgan fingerprint density at radius 1 is 1.33 bits per heavy atom. The molecule has 0 saturated heterocycles. The number of nitrogens with two attached hydrogens (primary N) is 1. The van der Waals surface area contributed by atoms with Gasteiger partial charge in [0, 0.05) is 31.0 Å². The van der Waals surface area contributed by atoms with Crippen molar-refractivity contribution in [3.8, 4) is 0 Å². The number of aromatic nitrogens is 2. The predicted octanol–water partition coefficient (Wildman–Crippen LogP) is 2.03. The lowest BCUT2D eigenvalue weighted by atomic mass is 10.0. The first-order valence-corrected chi connectivity index (χ1v) is 8.31. The number of anilines is 1. The lowest BCUT2D eigenvalue weighted by molar-refractivity contribution is 0.143. The van der Waals surface area contributed by atoms with Crippen molar-refractivity contribution in [1.82, 2.24) is 15.3 Å². The Bertz CT molecular complexity index is 871. The zero-order valence-electron chi connectivity index (χ0n) is 14.5. The van der Waals surface area contributed by atoms with Gasteiger partial charge < -0.3 is 15.4 Å². The number of carbonyl (C=O) groups excluding carboxylic acids is 1. The van der Waals surface area contributed by atoms with Gasteiger partial charge in [0.05, 0.1) is 5.69 Å². The molecular formula is C18H19FN6O2. The first-order chi connectivity index (χ1) is 13.0. The van der Waals surface area contributed by atoms with Crippen LogP contribution in [0.2, 0.25) is 0 Å². The molecule has 0 aliphatic carbocycles. The van der Waals surface area contributed by atoms with Gasteiger partial charge in [-0.05, 0) is 30.2 Å². The third kappa shape index (κ3) is 4.57. The maximum atomic E-state index is 14.8. The van der Waals surface area contributed by atoms with E-state index in [1.807, 2.05) is 34.5 Å². The molecule has 1 amide bonds. The van der Waals surface area contributed by atoms with Crippen molar-refractivity contribution in [2.24, 2.45) is 5.73 Å². The number of carbonyl (C=O) groups is 1. The fraction of sp³-hybridized carbons (Fsp3) is 0.222. The summed E-state index contributed by atoms with van der Waals surface area (Å²) in [6.45, 7) is 0.815. The van der Waals surface area contributed by atoms with Crippen LogP contribution in [0.1, 0.15) is 17.7 Å². The molecule has 0 atom stereocenters. The highest BCUT2D eigenvalue weighted by Gasteiger charge is 2.20. The minimum atomic E-state index is -0.916. The highest BCUT2D eigenvalue weighted by atomic mass is 19.1. The summed E-state index contributed by atoms with van der Waals surface area (Å²) in [7, 11) is 0. The largest absolute Gasteiger partial charge is 0.444 e. The number of hydrogen-bond acceptors (Lipinski definition) is 6. The number of amides is 1. The van der Waals surface area contributed by atoms with Gasteiger partial charge in [0.1, 0.15) is 6.61 Å². The molecule has 1 aliphatic rings. The van der Waals surface area contributed by atoms with Gasteiger partial charge in [-0.1, -0.05) is 12.1 Å². The third-order valence-electron chi connectivity index (χ3n) is 4.05. The summed E-state index contributed by atoms with van der Waals surface area (Å²) in [6.07, 6.45) is 5.03. The Hall–Kier alpha value is -3.49. The van der Waals surface area contributed by atoms with Crippen LogP contribution >= 0.6 is 0 Å². The second-order valence-electron chi connectivity index (χ2n) is 5.86. The smallest absolute Gasteiger partial charge is 0.414 e. The van der Waals surface area contributed by atoms with E-state index in [0.29, 0.717) is 13.1 Å². The number of hydrogen-bond donors (Lipinski definition) is 3. The Balaban J connectivity index is 1.68. The summed E-state index contributed by atoms with van der Waals surface area (Å²) >= 11 is 0. The second kappa shape index (κ2) is 8.26. The maximum absolute atomic E-state index is 14.8. The Morgan fingerprint density at radius 3 is 2.85 bits per heavy atom. The number of ether oxygens (including phenoxy) is 1. The quantitative estimate of drug-likeness (QED) is 0.560. The van der Waals surface area contributed by atoms with Gasteiger partial charge in [-0.3, -0.25) is 15.7 Å². The van der Waals surface area contributed by atoms with E-state index in [2.05, 4.69) is 9.97 Å². The Kier molecular flexibility index (Phi) is 5.60. The average Bonchev–Trinajstić information content (AvgIpc) is 2.67. The molecule has 9 heteroatoms. The van der Waals surface area contributed by atoms with E-state index < -0.39 is 17.9 Å². The van der Waals surface area contributed by atoms with Crippen molar-refractivity contribution in [2.75, 3.05) is 18.0 Å². The summed E-state index contributed by atoms with van der Waals surface area (Å²) in [5.41, 5.74) is 7.27. The van der Waals surface area contributed by atoms with E-state index in [1.165, 1.54) is 12.3 Å². The van der Waals surface area contributed by atoms with Crippen molar-refractivity contribution in [2.45, 2.75) is 13.0 Å². The number of nitrogens with one attached hydrogen (secondary N) is 2. The summed E-state index contributed by atoms with van der Waals surface area (Å²) < 4.78 is 19.6. The number of alkyl carbamates (subject to hydrolysis) is 1. The van der Waals surface area contributed by atoms with Gasteiger partial charge in [-0.25, -0.2) is 14.2 Å². The van der Waals surface area contributed by atoms with Crippen LogP contribution in [0.4, 0.5) is 15.0 Å². The summed E-state index contributed by atoms with van der Waals surface area (Å²) in [6, 6.07) is 7.19. The molecule has 1 aliphatic heterocycles. The van der Waals surface area contributed by atoms with E-state index in [-0.39, 0.29) is 18.0 Å². The van der Waals surface area contributed by atoms with Gasteiger partial charge in [0.25, 0.3) is 0 Å². The van der Waals surface area contributed by atoms with Gasteiger partial charge in [0.15, 0.2) is 17.6 Å². The first kappa shape index (κ1) is 18.3. The second-order valence-corrected chi connectivity index (χ2v) is 5.86. The SMILES string of the molecule is N=C(N)NC(=O)OCc1ccnc(N2CC=C(c3ccccn3)CC2)c1F. The Labute approximate surface area is 155 Å². The third-order valence-corrected chi connectivity index (χ3v) is 4.05. The van der Waals surface area contributed by atoms with Crippen molar-refractivity contribution in [3.63, 3.8) is 0 Å². The molecule has 27 heavy (non-hydrogen) atoms. The molecule has 0 bridgehead atoms. The van der Waals surface area contributed by atoms with Crippen molar-refractivity contribution < 1.29 is 13.9 Å². The van der Waals surface area contributed by atoms with Gasteiger partial charge in [0.2, 0.25) is 0 Å². The molecule has 0 radical (unpaired) electrons. The maximum Gasteiger partial charge on any atom is 0.414 e. The van der Waals surface area contributed by atoms with Gasteiger partial charge >= 0.3 is 6.09 Å². The zero-order valence-corrected chi connectivity index (χ0v) is 14.5. The lowest BCUT2D eigenvalue weighted by Gasteiger charge is -2.28. The number of guanidine groups is 1. The van der Waals surface area contributed by atoms with Crippen LogP contribution < -0.4 is 16.0 Å². The minimum Gasteiger partial charge on any atom is -0.444 e. The molecule has 3 heterocycles. The predicted molar refractivity (Wildman–Crippen MR) is 98.5 cm³/mol. The van der Waals surface area contributed by atoms with E-state index in [0.717, 1.165) is 17.7 Å². The molecule has 0 spiro atoms. The van der Waals surface area contributed by atoms with Crippen molar-refractivity contribution in [1.29, 1.82) is 5.41 Å². The molecule has 0 fully saturated rings. The van der Waals surface area contributed by atoms with E-state index in [9.17, 15) is 9.18 Å².